The van der Waals surface area contributed by atoms with Gasteiger partial charge in [-0.2, -0.15) is 0 Å². The highest BCUT2D eigenvalue weighted by Gasteiger charge is 2.14. The van der Waals surface area contributed by atoms with Crippen molar-refractivity contribution in [2.75, 3.05) is 0 Å². The highest BCUT2D eigenvalue weighted by atomic mass is 32.1. The number of allylic oxidation sites excluding steroid dienone is 8. The molecule has 0 fully saturated rings. The summed E-state index contributed by atoms with van der Waals surface area (Å²) in [6, 6.07) is 13.6. The average Bonchev–Trinajstić information content (AvgIpc) is 3.44. The van der Waals surface area contributed by atoms with Crippen molar-refractivity contribution in [2.45, 2.75) is 19.8 Å². The number of rotatable bonds is 4. The van der Waals surface area contributed by atoms with Crippen molar-refractivity contribution >= 4 is 45.2 Å². The first-order valence-corrected chi connectivity index (χ1v) is 11.2. The molecule has 0 atom stereocenters. The van der Waals surface area contributed by atoms with Crippen molar-refractivity contribution in [3.8, 4) is 19.5 Å². The van der Waals surface area contributed by atoms with Gasteiger partial charge >= 0.3 is 0 Å². The second-order valence-corrected chi connectivity index (χ2v) is 9.95. The number of hydrogen-bond acceptors (Lipinski definition) is 3. The fourth-order valence-corrected chi connectivity index (χ4v) is 6.60. The first-order chi connectivity index (χ1) is 12.8. The topological polar surface area (TPSA) is 0 Å². The molecule has 128 valence electrons. The number of hydrogen-bond donors (Lipinski definition) is 0. The summed E-state index contributed by atoms with van der Waals surface area (Å²) in [7, 11) is 0. The summed E-state index contributed by atoms with van der Waals surface area (Å²) >= 11 is 5.73. The highest BCUT2D eigenvalue weighted by Crippen LogP contribution is 2.43. The lowest BCUT2D eigenvalue weighted by Gasteiger charge is -1.97. The molecule has 0 bridgehead atoms. The Balaban J connectivity index is 1.38. The van der Waals surface area contributed by atoms with E-state index in [-0.39, 0.29) is 0 Å². The van der Waals surface area contributed by atoms with Gasteiger partial charge < -0.3 is 0 Å². The SMILES string of the molecule is CC1=CC=C(c2ccc(-c3ccc(-c4ccc(C5=CC=CC5)s4)s3)s2)C1. The first-order valence-electron chi connectivity index (χ1n) is 8.79. The van der Waals surface area contributed by atoms with E-state index in [1.807, 2.05) is 34.0 Å². The summed E-state index contributed by atoms with van der Waals surface area (Å²) in [6.07, 6.45) is 13.3. The van der Waals surface area contributed by atoms with Gasteiger partial charge in [-0.15, -0.1) is 34.0 Å². The molecule has 0 aliphatic heterocycles. The lowest BCUT2D eigenvalue weighted by atomic mass is 10.1. The second kappa shape index (κ2) is 6.66. The van der Waals surface area contributed by atoms with Gasteiger partial charge in [0, 0.05) is 29.3 Å². The molecule has 0 nitrogen and oxygen atoms in total. The third-order valence-electron chi connectivity index (χ3n) is 4.75. The molecular weight excluding hydrogens is 372 g/mol. The summed E-state index contributed by atoms with van der Waals surface area (Å²) < 4.78 is 0. The molecule has 0 spiro atoms. The van der Waals surface area contributed by atoms with Crippen molar-refractivity contribution in [3.05, 3.63) is 82.1 Å². The number of thiophene rings is 3. The Labute approximate surface area is 166 Å². The Morgan fingerprint density at radius 2 is 1.15 bits per heavy atom. The Hall–Kier alpha value is -1.94. The van der Waals surface area contributed by atoms with Crippen molar-refractivity contribution in [1.29, 1.82) is 0 Å². The van der Waals surface area contributed by atoms with Crippen molar-refractivity contribution in [2.24, 2.45) is 0 Å². The minimum absolute atomic E-state index is 1.07. The van der Waals surface area contributed by atoms with E-state index >= 15 is 0 Å². The zero-order valence-corrected chi connectivity index (χ0v) is 16.9. The molecule has 0 saturated heterocycles. The Morgan fingerprint density at radius 1 is 0.615 bits per heavy atom. The summed E-state index contributed by atoms with van der Waals surface area (Å²) in [4.78, 5) is 8.29. The van der Waals surface area contributed by atoms with Gasteiger partial charge in [-0.1, -0.05) is 36.0 Å². The maximum atomic E-state index is 2.28. The quantitative estimate of drug-likeness (QED) is 0.420. The van der Waals surface area contributed by atoms with Gasteiger partial charge in [0.15, 0.2) is 0 Å². The summed E-state index contributed by atoms with van der Waals surface area (Å²) in [5.74, 6) is 0. The second-order valence-electron chi connectivity index (χ2n) is 6.70. The van der Waals surface area contributed by atoms with E-state index in [1.54, 1.807) is 0 Å². The molecule has 0 N–H and O–H groups in total. The standard InChI is InChI=1S/C23H18S3/c1-15-6-7-17(14-15)19-9-11-21(25-19)23-13-12-22(26-23)20-10-8-18(24-20)16-4-2-3-5-16/h2-4,6-13H,5,14H2,1H3. The van der Waals surface area contributed by atoms with Crippen LogP contribution in [0.25, 0.3) is 30.7 Å². The van der Waals surface area contributed by atoms with Gasteiger partial charge in [-0.25, -0.2) is 0 Å². The largest absolute Gasteiger partial charge is 0.135 e. The van der Waals surface area contributed by atoms with Gasteiger partial charge in [0.2, 0.25) is 0 Å². The van der Waals surface area contributed by atoms with Crippen LogP contribution in [0.15, 0.2) is 72.4 Å². The van der Waals surface area contributed by atoms with Crippen LogP contribution in [0.3, 0.4) is 0 Å². The zero-order valence-electron chi connectivity index (χ0n) is 14.5. The molecule has 0 aromatic carbocycles. The van der Waals surface area contributed by atoms with Crippen molar-refractivity contribution in [3.63, 3.8) is 0 Å². The summed E-state index contributed by atoms with van der Waals surface area (Å²) in [5.41, 5.74) is 4.35. The summed E-state index contributed by atoms with van der Waals surface area (Å²) in [6.45, 7) is 2.20. The van der Waals surface area contributed by atoms with Gasteiger partial charge in [0.25, 0.3) is 0 Å². The van der Waals surface area contributed by atoms with Crippen LogP contribution in [0.5, 0.6) is 0 Å². The molecule has 5 rings (SSSR count). The lowest BCUT2D eigenvalue weighted by molar-refractivity contribution is 1.27. The van der Waals surface area contributed by atoms with E-state index in [4.69, 9.17) is 0 Å². The predicted octanol–water partition coefficient (Wildman–Crippen LogP) is 8.28. The third-order valence-corrected chi connectivity index (χ3v) is 8.54. The highest BCUT2D eigenvalue weighted by molar-refractivity contribution is 7.26. The maximum Gasteiger partial charge on any atom is 0.0449 e. The monoisotopic (exact) mass is 390 g/mol. The normalized spacial score (nSPS) is 16.1. The van der Waals surface area contributed by atoms with Crippen LogP contribution in [0.1, 0.15) is 29.5 Å². The van der Waals surface area contributed by atoms with Gasteiger partial charge in [-0.05, 0) is 67.3 Å². The van der Waals surface area contributed by atoms with E-state index in [0.29, 0.717) is 0 Å². The van der Waals surface area contributed by atoms with Crippen molar-refractivity contribution in [1.82, 2.24) is 0 Å². The smallest absolute Gasteiger partial charge is 0.0449 e. The van der Waals surface area contributed by atoms with E-state index in [9.17, 15) is 0 Å². The Bertz CT molecular complexity index is 1090. The molecule has 3 heteroatoms. The zero-order chi connectivity index (χ0) is 17.5. The van der Waals surface area contributed by atoms with E-state index in [1.165, 1.54) is 46.0 Å². The lowest BCUT2D eigenvalue weighted by Crippen LogP contribution is -1.74. The maximum absolute atomic E-state index is 2.28. The van der Waals surface area contributed by atoms with E-state index < -0.39 is 0 Å². The molecule has 2 aliphatic rings. The molecule has 3 heterocycles. The summed E-state index contributed by atoms with van der Waals surface area (Å²) in [5, 5.41) is 0. The van der Waals surface area contributed by atoms with Gasteiger partial charge in [-0.3, -0.25) is 0 Å². The van der Waals surface area contributed by atoms with Crippen LogP contribution in [0, 0.1) is 0 Å². The molecular formula is C23H18S3. The molecule has 3 aromatic rings. The third kappa shape index (κ3) is 3.01. The minimum Gasteiger partial charge on any atom is -0.135 e. The fraction of sp³-hybridized carbons (Fsp3) is 0.130. The fourth-order valence-electron chi connectivity index (χ4n) is 3.35. The predicted molar refractivity (Wildman–Crippen MR) is 119 cm³/mol. The Morgan fingerprint density at radius 3 is 1.65 bits per heavy atom. The van der Waals surface area contributed by atoms with Gasteiger partial charge in [0.05, 0.1) is 0 Å². The molecule has 0 saturated carbocycles. The van der Waals surface area contributed by atoms with Crippen LogP contribution in [-0.2, 0) is 0 Å². The van der Waals surface area contributed by atoms with Crippen LogP contribution >= 0.6 is 34.0 Å². The molecule has 26 heavy (non-hydrogen) atoms. The van der Waals surface area contributed by atoms with E-state index in [0.717, 1.165) is 12.8 Å². The molecule has 0 unspecified atom stereocenters. The van der Waals surface area contributed by atoms with Crippen LogP contribution in [0.4, 0.5) is 0 Å². The average molecular weight is 391 g/mol. The molecule has 3 aromatic heterocycles. The molecule has 0 radical (unpaired) electrons. The van der Waals surface area contributed by atoms with Crippen molar-refractivity contribution < 1.29 is 0 Å². The van der Waals surface area contributed by atoms with E-state index in [2.05, 4.69) is 73.7 Å². The molecule has 0 amide bonds. The minimum atomic E-state index is 1.07. The molecule has 2 aliphatic carbocycles. The first kappa shape index (κ1) is 16.2. The Kier molecular flexibility index (Phi) is 4.16. The van der Waals surface area contributed by atoms with Crippen LogP contribution in [0.2, 0.25) is 0 Å². The van der Waals surface area contributed by atoms with Crippen LogP contribution < -0.4 is 0 Å². The van der Waals surface area contributed by atoms with Crippen LogP contribution in [-0.4, -0.2) is 0 Å². The van der Waals surface area contributed by atoms with Gasteiger partial charge in [0.1, 0.15) is 0 Å².